The summed E-state index contributed by atoms with van der Waals surface area (Å²) in [5.74, 6) is 0.779. The van der Waals surface area contributed by atoms with Crippen molar-refractivity contribution in [2.75, 3.05) is 5.75 Å². The van der Waals surface area contributed by atoms with E-state index >= 15 is 0 Å². The molecule has 0 aliphatic carbocycles. The number of carbonyl (C=O) groups is 1. The van der Waals surface area contributed by atoms with E-state index in [1.165, 1.54) is 5.56 Å². The van der Waals surface area contributed by atoms with Gasteiger partial charge in [0, 0.05) is 16.3 Å². The largest absolute Gasteiger partial charge is 0.299 e. The number of halogens is 1. The van der Waals surface area contributed by atoms with Gasteiger partial charge in [-0.3, -0.25) is 4.79 Å². The number of benzene rings is 2. The third kappa shape index (κ3) is 5.09. The molecule has 0 fully saturated rings. The van der Waals surface area contributed by atoms with Gasteiger partial charge in [0.1, 0.15) is 5.78 Å². The van der Waals surface area contributed by atoms with Crippen LogP contribution in [0.3, 0.4) is 0 Å². The second-order valence-corrected chi connectivity index (χ2v) is 5.76. The molecule has 0 atom stereocenters. The minimum Gasteiger partial charge on any atom is -0.299 e. The molecule has 0 amide bonds. The van der Waals surface area contributed by atoms with Crippen molar-refractivity contribution in [2.45, 2.75) is 17.7 Å². The number of hydrogen-bond donors (Lipinski definition) is 0. The molecule has 0 aliphatic heterocycles. The molecule has 0 spiro atoms. The molecule has 0 saturated heterocycles. The van der Waals surface area contributed by atoms with Gasteiger partial charge in [-0.15, -0.1) is 11.8 Å². The molecule has 0 bridgehead atoms. The van der Waals surface area contributed by atoms with E-state index in [1.54, 1.807) is 11.8 Å². The van der Waals surface area contributed by atoms with Crippen LogP contribution in [0.5, 0.6) is 0 Å². The predicted molar refractivity (Wildman–Crippen MR) is 81.9 cm³/mol. The first-order chi connectivity index (χ1) is 9.24. The molecular formula is C16H15ClOS. The van der Waals surface area contributed by atoms with Gasteiger partial charge in [0.15, 0.2) is 0 Å². The van der Waals surface area contributed by atoms with Crippen molar-refractivity contribution in [2.24, 2.45) is 0 Å². The van der Waals surface area contributed by atoms with Gasteiger partial charge in [0.05, 0.1) is 5.75 Å². The van der Waals surface area contributed by atoms with Crippen molar-refractivity contribution in [1.82, 2.24) is 0 Å². The highest BCUT2D eigenvalue weighted by Crippen LogP contribution is 2.21. The molecule has 0 aliphatic rings. The van der Waals surface area contributed by atoms with Gasteiger partial charge < -0.3 is 0 Å². The van der Waals surface area contributed by atoms with Crippen LogP contribution in [0.2, 0.25) is 5.02 Å². The van der Waals surface area contributed by atoms with Crippen molar-refractivity contribution < 1.29 is 4.79 Å². The quantitative estimate of drug-likeness (QED) is 0.721. The van der Waals surface area contributed by atoms with E-state index < -0.39 is 0 Å². The highest BCUT2D eigenvalue weighted by molar-refractivity contribution is 8.00. The first-order valence-corrected chi connectivity index (χ1v) is 7.54. The average molecular weight is 291 g/mol. The molecule has 0 radical (unpaired) electrons. The number of aryl methyl sites for hydroxylation is 1. The number of carbonyl (C=O) groups excluding carboxylic acids is 1. The van der Waals surface area contributed by atoms with E-state index in [1.807, 2.05) is 42.5 Å². The van der Waals surface area contributed by atoms with Crippen LogP contribution in [0.25, 0.3) is 0 Å². The zero-order valence-electron chi connectivity index (χ0n) is 10.5. The zero-order valence-corrected chi connectivity index (χ0v) is 12.1. The second-order valence-electron chi connectivity index (χ2n) is 4.27. The lowest BCUT2D eigenvalue weighted by Gasteiger charge is -2.02. The lowest BCUT2D eigenvalue weighted by Crippen LogP contribution is -2.03. The molecule has 0 saturated carbocycles. The summed E-state index contributed by atoms with van der Waals surface area (Å²) in [4.78, 5) is 12.9. The maximum Gasteiger partial charge on any atom is 0.143 e. The van der Waals surface area contributed by atoms with Crippen molar-refractivity contribution in [3.63, 3.8) is 0 Å². The van der Waals surface area contributed by atoms with Crippen LogP contribution in [0, 0.1) is 0 Å². The topological polar surface area (TPSA) is 17.1 Å². The van der Waals surface area contributed by atoms with Crippen molar-refractivity contribution >= 4 is 29.1 Å². The molecule has 3 heteroatoms. The molecule has 1 nitrogen and oxygen atoms in total. The summed E-state index contributed by atoms with van der Waals surface area (Å²) in [5.41, 5.74) is 1.21. The minimum absolute atomic E-state index is 0.272. The van der Waals surface area contributed by atoms with Crippen molar-refractivity contribution in [3.8, 4) is 0 Å². The Balaban J connectivity index is 1.76. The normalized spacial score (nSPS) is 10.4. The molecule has 2 aromatic rings. The van der Waals surface area contributed by atoms with Gasteiger partial charge in [-0.1, -0.05) is 48.0 Å². The van der Waals surface area contributed by atoms with Crippen LogP contribution < -0.4 is 0 Å². The van der Waals surface area contributed by atoms with E-state index in [0.29, 0.717) is 17.2 Å². The second kappa shape index (κ2) is 7.37. The number of rotatable bonds is 6. The molecule has 2 aromatic carbocycles. The Labute approximate surface area is 123 Å². The Morgan fingerprint density at radius 3 is 2.58 bits per heavy atom. The number of Topliss-reactive ketones (excluding diaryl/α,β-unsaturated/α-hetero) is 1. The fourth-order valence-corrected chi connectivity index (χ4v) is 2.83. The zero-order chi connectivity index (χ0) is 13.5. The monoisotopic (exact) mass is 290 g/mol. The standard InChI is InChI=1S/C16H15ClOS/c17-14-7-4-8-16(11-14)19-12-15(18)10-9-13-5-2-1-3-6-13/h1-8,11H,9-10,12H2. The third-order valence-corrected chi connectivity index (χ3v) is 4.02. The van der Waals surface area contributed by atoms with E-state index in [-0.39, 0.29) is 5.78 Å². The molecule has 2 rings (SSSR count). The van der Waals surface area contributed by atoms with Crippen LogP contribution in [-0.4, -0.2) is 11.5 Å². The van der Waals surface area contributed by atoms with E-state index in [2.05, 4.69) is 12.1 Å². The third-order valence-electron chi connectivity index (χ3n) is 2.73. The van der Waals surface area contributed by atoms with Crippen LogP contribution in [-0.2, 0) is 11.2 Å². The van der Waals surface area contributed by atoms with E-state index in [9.17, 15) is 4.79 Å². The molecule has 0 heterocycles. The van der Waals surface area contributed by atoms with Gasteiger partial charge >= 0.3 is 0 Å². The van der Waals surface area contributed by atoms with Crippen molar-refractivity contribution in [3.05, 3.63) is 65.2 Å². The lowest BCUT2D eigenvalue weighted by molar-refractivity contribution is -0.116. The Morgan fingerprint density at radius 1 is 1.05 bits per heavy atom. The first-order valence-electron chi connectivity index (χ1n) is 6.18. The van der Waals surface area contributed by atoms with Crippen LogP contribution in [0.1, 0.15) is 12.0 Å². The van der Waals surface area contributed by atoms with Crippen molar-refractivity contribution in [1.29, 1.82) is 0 Å². The molecule has 19 heavy (non-hydrogen) atoms. The van der Waals surface area contributed by atoms with Gasteiger partial charge in [-0.25, -0.2) is 0 Å². The molecule has 0 aromatic heterocycles. The minimum atomic E-state index is 0.272. The summed E-state index contributed by atoms with van der Waals surface area (Å²) in [6.07, 6.45) is 1.41. The highest BCUT2D eigenvalue weighted by Gasteiger charge is 2.04. The summed E-state index contributed by atoms with van der Waals surface area (Å²) in [6, 6.07) is 17.7. The average Bonchev–Trinajstić information content (AvgIpc) is 2.44. The van der Waals surface area contributed by atoms with Crippen LogP contribution in [0.4, 0.5) is 0 Å². The molecule has 0 unspecified atom stereocenters. The molecule has 98 valence electrons. The number of thioether (sulfide) groups is 1. The highest BCUT2D eigenvalue weighted by atomic mass is 35.5. The van der Waals surface area contributed by atoms with Crippen LogP contribution in [0.15, 0.2) is 59.5 Å². The summed E-state index contributed by atoms with van der Waals surface area (Å²) in [7, 11) is 0. The predicted octanol–water partition coefficient (Wildman–Crippen LogP) is 4.63. The maximum atomic E-state index is 11.8. The smallest absolute Gasteiger partial charge is 0.143 e. The number of hydrogen-bond acceptors (Lipinski definition) is 2. The summed E-state index contributed by atoms with van der Waals surface area (Å²) in [5, 5.41) is 0.710. The Morgan fingerprint density at radius 2 is 1.84 bits per heavy atom. The number of ketones is 1. The summed E-state index contributed by atoms with van der Waals surface area (Å²) < 4.78 is 0. The lowest BCUT2D eigenvalue weighted by atomic mass is 10.1. The SMILES string of the molecule is O=C(CCc1ccccc1)CSc1cccc(Cl)c1. The first kappa shape index (κ1) is 14.2. The van der Waals surface area contributed by atoms with Gasteiger partial charge in [-0.05, 0) is 30.2 Å². The molecule has 0 N–H and O–H groups in total. The van der Waals surface area contributed by atoms with E-state index in [4.69, 9.17) is 11.6 Å². The fraction of sp³-hybridized carbons (Fsp3) is 0.188. The maximum absolute atomic E-state index is 11.8. The van der Waals surface area contributed by atoms with Crippen LogP contribution >= 0.6 is 23.4 Å². The Bertz CT molecular complexity index is 539. The van der Waals surface area contributed by atoms with Gasteiger partial charge in [-0.2, -0.15) is 0 Å². The van der Waals surface area contributed by atoms with E-state index in [0.717, 1.165) is 11.3 Å². The fourth-order valence-electron chi connectivity index (χ4n) is 1.72. The summed E-state index contributed by atoms with van der Waals surface area (Å²) in [6.45, 7) is 0. The van der Waals surface area contributed by atoms with Gasteiger partial charge in [0.25, 0.3) is 0 Å². The Kier molecular flexibility index (Phi) is 5.49. The van der Waals surface area contributed by atoms with Gasteiger partial charge in [0.2, 0.25) is 0 Å². The Hall–Kier alpha value is -1.25. The summed E-state index contributed by atoms with van der Waals surface area (Å²) >= 11 is 7.45. The molecular weight excluding hydrogens is 276 g/mol.